The van der Waals surface area contributed by atoms with Crippen LogP contribution in [0.4, 0.5) is 5.69 Å². The molecule has 0 unspecified atom stereocenters. The third-order valence-electron chi connectivity index (χ3n) is 4.29. The second-order valence-electron chi connectivity index (χ2n) is 6.89. The number of esters is 1. The topological polar surface area (TPSA) is 50.4 Å². The maximum Gasteiger partial charge on any atom is 0.338 e. The molecule has 0 bridgehead atoms. The first kappa shape index (κ1) is 20.9. The number of hydrogen-bond donors (Lipinski definition) is 2. The summed E-state index contributed by atoms with van der Waals surface area (Å²) in [6.07, 6.45) is 0.966. The highest BCUT2D eigenvalue weighted by Crippen LogP contribution is 2.23. The van der Waals surface area contributed by atoms with E-state index in [2.05, 4.69) is 36.6 Å². The summed E-state index contributed by atoms with van der Waals surface area (Å²) in [7, 11) is 0. The quantitative estimate of drug-likeness (QED) is 0.505. The summed E-state index contributed by atoms with van der Waals surface area (Å²) in [4.78, 5) is 12.1. The summed E-state index contributed by atoms with van der Waals surface area (Å²) in [5.41, 5.74) is 3.37. The second-order valence-corrected chi connectivity index (χ2v) is 7.30. The van der Waals surface area contributed by atoms with E-state index in [1.807, 2.05) is 37.3 Å². The molecule has 0 aromatic heterocycles. The molecule has 0 aliphatic carbocycles. The van der Waals surface area contributed by atoms with Gasteiger partial charge >= 0.3 is 5.97 Å². The minimum absolute atomic E-state index is 0.125. The lowest BCUT2D eigenvalue weighted by Crippen LogP contribution is -2.33. The monoisotopic (exact) mass is 384 g/mol. The molecule has 2 rings (SSSR count). The number of thiocarbonyl (C=S) groups is 1. The number of anilines is 1. The van der Waals surface area contributed by atoms with Gasteiger partial charge in [0.25, 0.3) is 0 Å². The van der Waals surface area contributed by atoms with Crippen LogP contribution in [0.2, 0.25) is 0 Å². The van der Waals surface area contributed by atoms with E-state index in [0.29, 0.717) is 23.2 Å². The van der Waals surface area contributed by atoms with Gasteiger partial charge in [0, 0.05) is 5.69 Å². The van der Waals surface area contributed by atoms with E-state index in [1.54, 1.807) is 13.0 Å². The van der Waals surface area contributed by atoms with Crippen LogP contribution in [0.3, 0.4) is 0 Å². The van der Waals surface area contributed by atoms with Gasteiger partial charge in [-0.05, 0) is 61.7 Å². The van der Waals surface area contributed by atoms with Crippen molar-refractivity contribution in [1.29, 1.82) is 0 Å². The summed E-state index contributed by atoms with van der Waals surface area (Å²) in [5, 5.41) is 7.19. The molecule has 0 saturated heterocycles. The van der Waals surface area contributed by atoms with Gasteiger partial charge in [0.2, 0.25) is 0 Å². The predicted molar refractivity (Wildman–Crippen MR) is 115 cm³/mol. The summed E-state index contributed by atoms with van der Waals surface area (Å²) < 4.78 is 5.12. The third kappa shape index (κ3) is 6.07. The Balaban J connectivity index is 2.14. The number of carbonyl (C=O) groups excluding carboxylic acids is 1. The average molecular weight is 385 g/mol. The van der Waals surface area contributed by atoms with E-state index in [1.165, 1.54) is 5.56 Å². The molecule has 0 aliphatic rings. The smallest absolute Gasteiger partial charge is 0.338 e. The fourth-order valence-electron chi connectivity index (χ4n) is 2.95. The van der Waals surface area contributed by atoms with Crippen LogP contribution in [-0.2, 0) is 4.74 Å². The number of hydrogen-bond acceptors (Lipinski definition) is 3. The van der Waals surface area contributed by atoms with Gasteiger partial charge in [-0.25, -0.2) is 4.79 Å². The molecule has 2 aromatic rings. The van der Waals surface area contributed by atoms with Crippen molar-refractivity contribution in [1.82, 2.24) is 5.32 Å². The lowest BCUT2D eigenvalue weighted by Gasteiger charge is -2.23. The Morgan fingerprint density at radius 1 is 1.11 bits per heavy atom. The summed E-state index contributed by atoms with van der Waals surface area (Å²) in [6.45, 7) is 8.43. The third-order valence-corrected chi connectivity index (χ3v) is 4.51. The predicted octanol–water partition coefficient (Wildman–Crippen LogP) is 5.25. The molecule has 144 valence electrons. The number of carbonyl (C=O) groups is 1. The minimum Gasteiger partial charge on any atom is -0.462 e. The van der Waals surface area contributed by atoms with Crippen molar-refractivity contribution in [3.05, 3.63) is 65.2 Å². The SMILES string of the molecule is CCOC(=O)c1cccc(NC(=S)N[C@H](CC(C)C)c2ccccc2)c1C. The Bertz CT molecular complexity index is 775. The summed E-state index contributed by atoms with van der Waals surface area (Å²) in [6, 6.07) is 15.9. The molecule has 4 nitrogen and oxygen atoms in total. The Morgan fingerprint density at radius 2 is 1.81 bits per heavy atom. The molecule has 27 heavy (non-hydrogen) atoms. The second kappa shape index (κ2) is 10.1. The van der Waals surface area contributed by atoms with Crippen LogP contribution in [0.15, 0.2) is 48.5 Å². The largest absolute Gasteiger partial charge is 0.462 e. The van der Waals surface area contributed by atoms with E-state index < -0.39 is 0 Å². The molecular weight excluding hydrogens is 356 g/mol. The number of ether oxygens (including phenoxy) is 1. The van der Waals surface area contributed by atoms with E-state index in [4.69, 9.17) is 17.0 Å². The van der Waals surface area contributed by atoms with Crippen LogP contribution in [0.5, 0.6) is 0 Å². The van der Waals surface area contributed by atoms with Gasteiger partial charge in [0.15, 0.2) is 5.11 Å². The molecule has 0 amide bonds. The van der Waals surface area contributed by atoms with Crippen molar-refractivity contribution in [2.24, 2.45) is 5.92 Å². The molecule has 0 aliphatic heterocycles. The van der Waals surface area contributed by atoms with Gasteiger partial charge in [-0.15, -0.1) is 0 Å². The zero-order valence-corrected chi connectivity index (χ0v) is 17.2. The van der Waals surface area contributed by atoms with Crippen molar-refractivity contribution >= 4 is 29.0 Å². The van der Waals surface area contributed by atoms with Gasteiger partial charge in [-0.2, -0.15) is 0 Å². The highest BCUT2D eigenvalue weighted by atomic mass is 32.1. The molecule has 2 aromatic carbocycles. The highest BCUT2D eigenvalue weighted by Gasteiger charge is 2.16. The first-order chi connectivity index (χ1) is 12.9. The Labute approximate surface area is 167 Å². The van der Waals surface area contributed by atoms with Gasteiger partial charge in [-0.1, -0.05) is 50.2 Å². The first-order valence-electron chi connectivity index (χ1n) is 9.31. The van der Waals surface area contributed by atoms with Crippen LogP contribution in [0.1, 0.15) is 54.7 Å². The van der Waals surface area contributed by atoms with Crippen molar-refractivity contribution in [2.75, 3.05) is 11.9 Å². The van der Waals surface area contributed by atoms with Gasteiger partial charge in [-0.3, -0.25) is 0 Å². The summed E-state index contributed by atoms with van der Waals surface area (Å²) >= 11 is 5.55. The van der Waals surface area contributed by atoms with E-state index in [0.717, 1.165) is 17.7 Å². The van der Waals surface area contributed by atoms with Crippen LogP contribution in [0.25, 0.3) is 0 Å². The molecule has 0 radical (unpaired) electrons. The zero-order valence-electron chi connectivity index (χ0n) is 16.4. The fraction of sp³-hybridized carbons (Fsp3) is 0.364. The minimum atomic E-state index is -0.320. The molecular formula is C22H28N2O2S. The van der Waals surface area contributed by atoms with Gasteiger partial charge < -0.3 is 15.4 Å². The maximum absolute atomic E-state index is 12.1. The number of benzene rings is 2. The molecule has 2 N–H and O–H groups in total. The molecule has 0 spiro atoms. The Kier molecular flexibility index (Phi) is 7.80. The zero-order chi connectivity index (χ0) is 19.8. The number of rotatable bonds is 7. The van der Waals surface area contributed by atoms with Crippen molar-refractivity contribution < 1.29 is 9.53 Å². The van der Waals surface area contributed by atoms with Gasteiger partial charge in [0.1, 0.15) is 0 Å². The van der Waals surface area contributed by atoms with E-state index in [9.17, 15) is 4.79 Å². The fourth-order valence-corrected chi connectivity index (χ4v) is 3.20. The number of nitrogens with one attached hydrogen (secondary N) is 2. The standard InChI is InChI=1S/C22H28N2O2S/c1-5-26-21(25)18-12-9-13-19(16(18)4)23-22(27)24-20(14-15(2)3)17-10-7-6-8-11-17/h6-13,15,20H,5,14H2,1-4H3,(H2,23,24,27)/t20-/m1/s1. The van der Waals surface area contributed by atoms with E-state index in [-0.39, 0.29) is 12.0 Å². The molecule has 0 fully saturated rings. The average Bonchev–Trinajstić information content (AvgIpc) is 2.63. The molecule has 0 heterocycles. The molecule has 5 heteroatoms. The van der Waals surface area contributed by atoms with E-state index >= 15 is 0 Å². The first-order valence-corrected chi connectivity index (χ1v) is 9.72. The van der Waals surface area contributed by atoms with Crippen molar-refractivity contribution in [3.63, 3.8) is 0 Å². The van der Waals surface area contributed by atoms with Crippen LogP contribution in [0, 0.1) is 12.8 Å². The summed E-state index contributed by atoms with van der Waals surface area (Å²) in [5.74, 6) is 0.207. The highest BCUT2D eigenvalue weighted by molar-refractivity contribution is 7.80. The van der Waals surface area contributed by atoms with Gasteiger partial charge in [0.05, 0.1) is 18.2 Å². The van der Waals surface area contributed by atoms with Crippen LogP contribution in [-0.4, -0.2) is 17.7 Å². The van der Waals surface area contributed by atoms with Crippen molar-refractivity contribution in [3.8, 4) is 0 Å². The van der Waals surface area contributed by atoms with Crippen molar-refractivity contribution in [2.45, 2.75) is 40.2 Å². The molecule has 0 saturated carbocycles. The Morgan fingerprint density at radius 3 is 2.44 bits per heavy atom. The lowest BCUT2D eigenvalue weighted by atomic mass is 9.97. The van der Waals surface area contributed by atoms with Crippen LogP contribution >= 0.6 is 12.2 Å². The maximum atomic E-state index is 12.1. The lowest BCUT2D eigenvalue weighted by molar-refractivity contribution is 0.0525. The Hall–Kier alpha value is -2.40. The normalized spacial score (nSPS) is 11.7. The molecule has 1 atom stereocenters. The van der Waals surface area contributed by atoms with Crippen LogP contribution < -0.4 is 10.6 Å².